The maximum Gasteiger partial charge on any atom is 0.301 e. The van der Waals surface area contributed by atoms with E-state index >= 15 is 0 Å². The monoisotopic (exact) mass is 314 g/mol. The largest absolute Gasteiger partial charge is 0.301 e. The van der Waals surface area contributed by atoms with Gasteiger partial charge in [-0.25, -0.2) is 8.78 Å². The number of hydrogen-bond acceptors (Lipinski definition) is 2. The Morgan fingerprint density at radius 3 is 2.06 bits per heavy atom. The van der Waals surface area contributed by atoms with Crippen LogP contribution in [-0.2, 0) is 10.2 Å². The van der Waals surface area contributed by atoms with Crippen molar-refractivity contribution in [1.29, 1.82) is 0 Å². The molecule has 0 radical (unpaired) electrons. The smallest absolute Gasteiger partial charge is 0.265 e. The van der Waals surface area contributed by atoms with E-state index in [4.69, 9.17) is 0 Å². The highest BCUT2D eigenvalue weighted by Crippen LogP contribution is 2.24. The summed E-state index contributed by atoms with van der Waals surface area (Å²) in [6.07, 6.45) is 0. The fourth-order valence-electron chi connectivity index (χ4n) is 0.860. The van der Waals surface area contributed by atoms with Crippen molar-refractivity contribution in [2.75, 3.05) is 18.8 Å². The molecule has 0 aliphatic heterocycles. The first-order chi connectivity index (χ1) is 7.24. The van der Waals surface area contributed by atoms with Crippen LogP contribution in [0.2, 0.25) is 0 Å². The maximum atomic E-state index is 13.3. The van der Waals surface area contributed by atoms with Gasteiger partial charge in [0.05, 0.1) is 0 Å². The summed E-state index contributed by atoms with van der Waals surface area (Å²) in [7, 11) is -1.43. The second-order valence-corrected chi connectivity index (χ2v) is 5.93. The van der Waals surface area contributed by atoms with Crippen molar-refractivity contribution < 1.29 is 17.2 Å². The number of hydrogen-bond donors (Lipinski definition) is 1. The van der Waals surface area contributed by atoms with E-state index in [1.54, 1.807) is 0 Å². The molecule has 0 unspecified atom stereocenters. The van der Waals surface area contributed by atoms with Gasteiger partial charge in [0.25, 0.3) is 0 Å². The van der Waals surface area contributed by atoms with Crippen molar-refractivity contribution in [1.82, 2.24) is 4.31 Å². The highest BCUT2D eigenvalue weighted by Gasteiger charge is 2.19. The molecule has 0 amide bonds. The van der Waals surface area contributed by atoms with Gasteiger partial charge in [-0.2, -0.15) is 12.7 Å². The number of anilines is 1. The summed E-state index contributed by atoms with van der Waals surface area (Å²) >= 11 is 2.89. The number of nitrogens with one attached hydrogen (secondary N) is 1. The molecular formula is C8H9BrF2N2O2S. The summed E-state index contributed by atoms with van der Waals surface area (Å²) in [5.41, 5.74) is -0.697. The molecule has 0 saturated heterocycles. The molecule has 4 nitrogen and oxygen atoms in total. The molecule has 0 saturated carbocycles. The van der Waals surface area contributed by atoms with Crippen molar-refractivity contribution >= 4 is 31.8 Å². The SMILES string of the molecule is CN(C)S(=O)(=O)Nc1c(F)cc(Br)cc1F. The Bertz CT molecular complexity index is 482. The third kappa shape index (κ3) is 2.89. The molecule has 0 spiro atoms. The van der Waals surface area contributed by atoms with Crippen LogP contribution in [0.15, 0.2) is 16.6 Å². The van der Waals surface area contributed by atoms with Gasteiger partial charge in [-0.15, -0.1) is 0 Å². The average Bonchev–Trinajstić information content (AvgIpc) is 2.11. The summed E-state index contributed by atoms with van der Waals surface area (Å²) in [6, 6.07) is 1.94. The van der Waals surface area contributed by atoms with Crippen LogP contribution in [0.1, 0.15) is 0 Å². The molecule has 0 heterocycles. The Balaban J connectivity index is 3.17. The predicted molar refractivity (Wildman–Crippen MR) is 60.3 cm³/mol. The lowest BCUT2D eigenvalue weighted by atomic mass is 10.3. The van der Waals surface area contributed by atoms with Crippen LogP contribution in [0.25, 0.3) is 0 Å². The van der Waals surface area contributed by atoms with Gasteiger partial charge in [-0.05, 0) is 12.1 Å². The van der Waals surface area contributed by atoms with Crippen LogP contribution >= 0.6 is 15.9 Å². The molecule has 16 heavy (non-hydrogen) atoms. The first-order valence-electron chi connectivity index (χ1n) is 4.09. The second-order valence-electron chi connectivity index (χ2n) is 3.13. The summed E-state index contributed by atoms with van der Waals surface area (Å²) in [5.74, 6) is -1.98. The minimum absolute atomic E-state index is 0.190. The first kappa shape index (κ1) is 13.3. The summed E-state index contributed by atoms with van der Waals surface area (Å²) in [4.78, 5) is 0. The molecule has 0 atom stereocenters. The van der Waals surface area contributed by atoms with Gasteiger partial charge in [-0.1, -0.05) is 15.9 Å². The third-order valence-corrected chi connectivity index (χ3v) is 3.60. The second kappa shape index (κ2) is 4.64. The van der Waals surface area contributed by atoms with Crippen LogP contribution in [0.5, 0.6) is 0 Å². The van der Waals surface area contributed by atoms with E-state index in [1.807, 2.05) is 4.72 Å². The van der Waals surface area contributed by atoms with E-state index in [9.17, 15) is 17.2 Å². The van der Waals surface area contributed by atoms with Crippen LogP contribution in [0, 0.1) is 11.6 Å². The molecular weight excluding hydrogens is 306 g/mol. The van der Waals surface area contributed by atoms with Gasteiger partial charge in [0, 0.05) is 18.6 Å². The van der Waals surface area contributed by atoms with Crippen LogP contribution in [0.3, 0.4) is 0 Å². The van der Waals surface area contributed by atoms with Gasteiger partial charge in [-0.3, -0.25) is 4.72 Å². The molecule has 1 N–H and O–H groups in total. The van der Waals surface area contributed by atoms with E-state index in [0.29, 0.717) is 0 Å². The van der Waals surface area contributed by atoms with Crippen LogP contribution in [0.4, 0.5) is 14.5 Å². The molecule has 0 aromatic heterocycles. The van der Waals surface area contributed by atoms with E-state index in [0.717, 1.165) is 16.4 Å². The topological polar surface area (TPSA) is 49.4 Å². The van der Waals surface area contributed by atoms with Gasteiger partial charge in [0.2, 0.25) is 0 Å². The van der Waals surface area contributed by atoms with Crippen molar-refractivity contribution in [2.45, 2.75) is 0 Å². The number of halogens is 3. The molecule has 0 aliphatic carbocycles. The highest BCUT2D eigenvalue weighted by molar-refractivity contribution is 9.10. The van der Waals surface area contributed by atoms with Crippen molar-refractivity contribution in [2.24, 2.45) is 0 Å². The number of nitrogens with zero attached hydrogens (tertiary/aromatic N) is 1. The molecule has 0 bridgehead atoms. The maximum absolute atomic E-state index is 13.3. The van der Waals surface area contributed by atoms with Crippen LogP contribution < -0.4 is 4.72 Å². The zero-order valence-electron chi connectivity index (χ0n) is 8.46. The Kier molecular flexibility index (Phi) is 3.87. The third-order valence-electron chi connectivity index (χ3n) is 1.72. The van der Waals surface area contributed by atoms with E-state index in [1.165, 1.54) is 14.1 Å². The Labute approximate surface area is 101 Å². The van der Waals surface area contributed by atoms with Crippen molar-refractivity contribution in [3.05, 3.63) is 28.2 Å². The summed E-state index contributed by atoms with van der Waals surface area (Å²) in [6.45, 7) is 0. The van der Waals surface area contributed by atoms with Gasteiger partial charge >= 0.3 is 10.2 Å². The average molecular weight is 315 g/mol. The molecule has 8 heteroatoms. The Morgan fingerprint density at radius 1 is 1.25 bits per heavy atom. The summed E-state index contributed by atoms with van der Waals surface area (Å²) < 4.78 is 52.1. The lowest BCUT2D eigenvalue weighted by Gasteiger charge is -2.14. The molecule has 0 fully saturated rings. The molecule has 90 valence electrons. The first-order valence-corrected chi connectivity index (χ1v) is 6.32. The van der Waals surface area contributed by atoms with Gasteiger partial charge in [0.15, 0.2) is 11.6 Å². The number of rotatable bonds is 3. The molecule has 1 aromatic carbocycles. The normalized spacial score (nSPS) is 11.9. The van der Waals surface area contributed by atoms with E-state index < -0.39 is 27.5 Å². The van der Waals surface area contributed by atoms with Gasteiger partial charge < -0.3 is 0 Å². The van der Waals surface area contributed by atoms with Crippen molar-refractivity contribution in [3.8, 4) is 0 Å². The molecule has 1 aromatic rings. The minimum atomic E-state index is -3.92. The highest BCUT2D eigenvalue weighted by atomic mass is 79.9. The fraction of sp³-hybridized carbons (Fsp3) is 0.250. The Morgan fingerprint density at radius 2 is 1.69 bits per heavy atom. The predicted octanol–water partition coefficient (Wildman–Crippen LogP) is 1.95. The van der Waals surface area contributed by atoms with E-state index in [2.05, 4.69) is 15.9 Å². The number of benzene rings is 1. The molecule has 0 aliphatic rings. The van der Waals surface area contributed by atoms with Crippen LogP contribution in [-0.4, -0.2) is 26.8 Å². The lowest BCUT2D eigenvalue weighted by molar-refractivity contribution is 0.524. The van der Waals surface area contributed by atoms with Gasteiger partial charge in [0.1, 0.15) is 5.69 Å². The van der Waals surface area contributed by atoms with Crippen molar-refractivity contribution in [3.63, 3.8) is 0 Å². The minimum Gasteiger partial charge on any atom is -0.265 e. The lowest BCUT2D eigenvalue weighted by Crippen LogP contribution is -2.29. The summed E-state index contributed by atoms with van der Waals surface area (Å²) in [5, 5.41) is 0. The zero-order valence-corrected chi connectivity index (χ0v) is 10.9. The zero-order chi connectivity index (χ0) is 12.5. The quantitative estimate of drug-likeness (QED) is 0.927. The standard InChI is InChI=1S/C8H9BrF2N2O2S/c1-13(2)16(14,15)12-8-6(10)3-5(9)4-7(8)11/h3-4,12H,1-2H3. The Hall–Kier alpha value is -0.730. The van der Waals surface area contributed by atoms with E-state index in [-0.39, 0.29) is 4.47 Å². The fourth-order valence-corrected chi connectivity index (χ4v) is 1.90. The molecule has 1 rings (SSSR count).